The Balaban J connectivity index is 1.40. The number of nitrogens with zero attached hydrogens (tertiary/aromatic N) is 2. The predicted molar refractivity (Wildman–Crippen MR) is 116 cm³/mol. The molecule has 30 heavy (non-hydrogen) atoms. The molecule has 1 heterocycles. The van der Waals surface area contributed by atoms with Crippen molar-refractivity contribution in [1.29, 1.82) is 0 Å². The van der Waals surface area contributed by atoms with Gasteiger partial charge in [-0.15, -0.1) is 0 Å². The second-order valence-electron chi connectivity index (χ2n) is 7.93. The molecule has 1 aliphatic carbocycles. The zero-order valence-electron chi connectivity index (χ0n) is 17.1. The molecule has 0 unspecified atom stereocenters. The number of likely N-dealkylation sites (N-methyl/N-ethyl adjacent to an activating group) is 1. The Kier molecular flexibility index (Phi) is 5.72. The molecule has 3 aromatic rings. The molecule has 0 spiro atoms. The van der Waals surface area contributed by atoms with Crippen LogP contribution in [0.2, 0.25) is 0 Å². The van der Waals surface area contributed by atoms with Gasteiger partial charge >= 0.3 is 0 Å². The van der Waals surface area contributed by atoms with Crippen LogP contribution in [0.3, 0.4) is 0 Å². The van der Waals surface area contributed by atoms with Crippen molar-refractivity contribution >= 4 is 16.8 Å². The van der Waals surface area contributed by atoms with Crippen molar-refractivity contribution in [3.8, 4) is 22.6 Å². The van der Waals surface area contributed by atoms with Crippen molar-refractivity contribution in [2.75, 3.05) is 20.6 Å². The van der Waals surface area contributed by atoms with Crippen LogP contribution in [-0.4, -0.2) is 58.9 Å². The lowest BCUT2D eigenvalue weighted by Crippen LogP contribution is -2.48. The van der Waals surface area contributed by atoms with Gasteiger partial charge in [0.2, 0.25) is 5.91 Å². The first kappa shape index (κ1) is 20.0. The molecule has 4 rings (SSSR count). The number of rotatable bonds is 7. The van der Waals surface area contributed by atoms with Crippen LogP contribution in [0.5, 0.6) is 11.5 Å². The van der Waals surface area contributed by atoms with Gasteiger partial charge in [-0.2, -0.15) is 5.10 Å². The Labute approximate surface area is 175 Å². The summed E-state index contributed by atoms with van der Waals surface area (Å²) in [5.41, 5.74) is 2.86. The normalized spacial score (nSPS) is 18.6. The molecule has 0 saturated heterocycles. The highest BCUT2D eigenvalue weighted by Gasteiger charge is 2.32. The molecule has 3 N–H and O–H groups in total. The maximum atomic E-state index is 12.0. The molecule has 0 aliphatic heterocycles. The monoisotopic (exact) mass is 406 g/mol. The van der Waals surface area contributed by atoms with Crippen LogP contribution in [-0.2, 0) is 4.79 Å². The summed E-state index contributed by atoms with van der Waals surface area (Å²) in [6, 6.07) is 11.2. The number of phenolic OH excluding ortho intramolecular Hbond substituents is 1. The number of aromatic amines is 1. The zero-order chi connectivity index (χ0) is 21.1. The number of fused-ring (bicyclic) bond motifs is 1. The fraction of sp³-hybridized carbons (Fsp3) is 0.304. The summed E-state index contributed by atoms with van der Waals surface area (Å²) in [5, 5.41) is 20.6. The van der Waals surface area contributed by atoms with Gasteiger partial charge in [-0.3, -0.25) is 9.89 Å². The topological polar surface area (TPSA) is 90.5 Å². The standard InChI is InChI=1S/C23H26N4O3/c1-27(2)9-3-4-23(29)25-17-12-19(13-17)30-22-11-16(10-21-20(22)14-24-26-21)15-5-7-18(28)8-6-15/h3-8,10-11,14,17,19,28H,9,12-13H2,1-2H3,(H,24,26)(H,25,29)/b4-3-. The van der Waals surface area contributed by atoms with Crippen LogP contribution in [0.15, 0.2) is 54.7 Å². The zero-order valence-corrected chi connectivity index (χ0v) is 17.1. The van der Waals surface area contributed by atoms with Gasteiger partial charge < -0.3 is 20.1 Å². The lowest BCUT2D eigenvalue weighted by Gasteiger charge is -2.35. The fourth-order valence-electron chi connectivity index (χ4n) is 3.52. The number of hydrogen-bond acceptors (Lipinski definition) is 5. The van der Waals surface area contributed by atoms with Gasteiger partial charge in [0, 0.05) is 31.5 Å². The molecule has 0 radical (unpaired) electrons. The summed E-state index contributed by atoms with van der Waals surface area (Å²) in [5.74, 6) is 0.939. The van der Waals surface area contributed by atoms with E-state index in [-0.39, 0.29) is 23.8 Å². The van der Waals surface area contributed by atoms with Gasteiger partial charge in [-0.1, -0.05) is 18.2 Å². The van der Waals surface area contributed by atoms with Crippen LogP contribution in [0, 0.1) is 0 Å². The number of benzene rings is 2. The molecule has 0 bridgehead atoms. The number of phenols is 1. The molecule has 156 valence electrons. The highest BCUT2D eigenvalue weighted by Crippen LogP contribution is 2.35. The average molecular weight is 406 g/mol. The predicted octanol–water partition coefficient (Wildman–Crippen LogP) is 3.08. The van der Waals surface area contributed by atoms with Gasteiger partial charge in [-0.05, 0) is 49.5 Å². The molecular formula is C23H26N4O3. The van der Waals surface area contributed by atoms with Crippen LogP contribution >= 0.6 is 0 Å². The molecule has 1 aliphatic rings. The third-order valence-corrected chi connectivity index (χ3v) is 5.20. The first-order chi connectivity index (χ1) is 14.5. The smallest absolute Gasteiger partial charge is 0.243 e. The number of H-pyrrole nitrogens is 1. The summed E-state index contributed by atoms with van der Waals surface area (Å²) >= 11 is 0. The van der Waals surface area contributed by atoms with E-state index in [1.54, 1.807) is 24.4 Å². The van der Waals surface area contributed by atoms with Crippen molar-refractivity contribution < 1.29 is 14.6 Å². The lowest BCUT2D eigenvalue weighted by molar-refractivity contribution is -0.118. The summed E-state index contributed by atoms with van der Waals surface area (Å²) < 4.78 is 6.25. The third kappa shape index (κ3) is 4.63. The SMILES string of the molecule is CN(C)C/C=C\C(=O)NC1CC(Oc2cc(-c3ccc(O)cc3)cc3[nH]ncc23)C1. The Hall–Kier alpha value is -3.32. The third-order valence-electron chi connectivity index (χ3n) is 5.20. The summed E-state index contributed by atoms with van der Waals surface area (Å²) in [7, 11) is 3.92. The van der Waals surface area contributed by atoms with E-state index >= 15 is 0 Å². The highest BCUT2D eigenvalue weighted by atomic mass is 16.5. The Morgan fingerprint density at radius 2 is 2.03 bits per heavy atom. The van der Waals surface area contributed by atoms with Crippen molar-refractivity contribution in [2.45, 2.75) is 25.0 Å². The van der Waals surface area contributed by atoms with E-state index in [4.69, 9.17) is 4.74 Å². The largest absolute Gasteiger partial charge is 0.508 e. The maximum Gasteiger partial charge on any atom is 0.243 e. The second kappa shape index (κ2) is 8.59. The van der Waals surface area contributed by atoms with E-state index in [0.29, 0.717) is 0 Å². The van der Waals surface area contributed by atoms with Crippen molar-refractivity contribution in [3.05, 3.63) is 54.7 Å². The molecule has 1 aromatic heterocycles. The minimum atomic E-state index is -0.0631. The quantitative estimate of drug-likeness (QED) is 0.525. The Morgan fingerprint density at radius 1 is 1.27 bits per heavy atom. The molecule has 1 saturated carbocycles. The summed E-state index contributed by atoms with van der Waals surface area (Å²) in [6.07, 6.45) is 6.80. The van der Waals surface area contributed by atoms with Gasteiger partial charge in [0.1, 0.15) is 17.6 Å². The number of carbonyl (C=O) groups is 1. The number of nitrogens with one attached hydrogen (secondary N) is 2. The second-order valence-corrected chi connectivity index (χ2v) is 7.93. The van der Waals surface area contributed by atoms with Gasteiger partial charge in [0.05, 0.1) is 17.1 Å². The number of hydrogen-bond donors (Lipinski definition) is 3. The average Bonchev–Trinajstić information content (AvgIpc) is 3.15. The van der Waals surface area contributed by atoms with Crippen LogP contribution in [0.4, 0.5) is 0 Å². The van der Waals surface area contributed by atoms with Crippen molar-refractivity contribution in [3.63, 3.8) is 0 Å². The molecule has 0 atom stereocenters. The van der Waals surface area contributed by atoms with Gasteiger partial charge in [-0.25, -0.2) is 0 Å². The number of aromatic hydroxyl groups is 1. The van der Waals surface area contributed by atoms with Gasteiger partial charge in [0.15, 0.2) is 0 Å². The molecule has 1 fully saturated rings. The van der Waals surface area contributed by atoms with E-state index in [2.05, 4.69) is 15.5 Å². The molecule has 7 nitrogen and oxygen atoms in total. The first-order valence-corrected chi connectivity index (χ1v) is 10.0. The Bertz CT molecular complexity index is 1050. The van der Waals surface area contributed by atoms with Crippen molar-refractivity contribution in [2.24, 2.45) is 0 Å². The number of carbonyl (C=O) groups excluding carboxylic acids is 1. The number of ether oxygens (including phenoxy) is 1. The molecular weight excluding hydrogens is 380 g/mol. The maximum absolute atomic E-state index is 12.0. The van der Waals surface area contributed by atoms with E-state index in [0.717, 1.165) is 47.2 Å². The highest BCUT2D eigenvalue weighted by molar-refractivity contribution is 5.90. The van der Waals surface area contributed by atoms with E-state index < -0.39 is 0 Å². The van der Waals surface area contributed by atoms with Crippen molar-refractivity contribution in [1.82, 2.24) is 20.4 Å². The molecule has 7 heteroatoms. The lowest BCUT2D eigenvalue weighted by atomic mass is 9.89. The molecule has 2 aromatic carbocycles. The minimum Gasteiger partial charge on any atom is -0.508 e. The van der Waals surface area contributed by atoms with Crippen LogP contribution < -0.4 is 10.1 Å². The summed E-state index contributed by atoms with van der Waals surface area (Å²) in [4.78, 5) is 14.0. The minimum absolute atomic E-state index is 0.0502. The first-order valence-electron chi connectivity index (χ1n) is 10.0. The van der Waals surface area contributed by atoms with Crippen LogP contribution in [0.1, 0.15) is 12.8 Å². The van der Waals surface area contributed by atoms with E-state index in [1.165, 1.54) is 0 Å². The summed E-state index contributed by atoms with van der Waals surface area (Å²) in [6.45, 7) is 0.738. The number of amides is 1. The van der Waals surface area contributed by atoms with Gasteiger partial charge in [0.25, 0.3) is 0 Å². The number of aromatic nitrogens is 2. The van der Waals surface area contributed by atoms with E-state index in [1.807, 2.05) is 49.3 Å². The van der Waals surface area contributed by atoms with E-state index in [9.17, 15) is 9.90 Å². The fourth-order valence-corrected chi connectivity index (χ4v) is 3.52. The van der Waals surface area contributed by atoms with Crippen LogP contribution in [0.25, 0.3) is 22.0 Å². The Morgan fingerprint density at radius 3 is 2.77 bits per heavy atom. The molecule has 1 amide bonds.